The summed E-state index contributed by atoms with van der Waals surface area (Å²) in [6, 6.07) is 4.53. The zero-order chi connectivity index (χ0) is 14.4. The molecule has 0 aliphatic heterocycles. The molecule has 112 valence electrons. The summed E-state index contributed by atoms with van der Waals surface area (Å²) in [6.45, 7) is 5.13. The molecule has 1 heterocycles. The van der Waals surface area contributed by atoms with Crippen LogP contribution in [-0.2, 0) is 4.74 Å². The van der Waals surface area contributed by atoms with Crippen molar-refractivity contribution >= 4 is 0 Å². The van der Waals surface area contributed by atoms with Gasteiger partial charge in [-0.25, -0.2) is 0 Å². The Balaban J connectivity index is 2.17. The number of ether oxygens (including phenoxy) is 1. The first-order chi connectivity index (χ1) is 9.76. The van der Waals surface area contributed by atoms with Gasteiger partial charge in [0.1, 0.15) is 0 Å². The number of pyridine rings is 1. The van der Waals surface area contributed by atoms with Crippen molar-refractivity contribution in [1.82, 2.24) is 10.3 Å². The Kier molecular flexibility index (Phi) is 5.99. The zero-order valence-corrected chi connectivity index (χ0v) is 13.1. The lowest BCUT2D eigenvalue weighted by Gasteiger charge is -2.35. The van der Waals surface area contributed by atoms with Crippen molar-refractivity contribution in [2.75, 3.05) is 13.7 Å². The number of nitrogens with one attached hydrogen (secondary N) is 1. The van der Waals surface area contributed by atoms with Gasteiger partial charge in [0.2, 0.25) is 0 Å². The predicted octanol–water partition coefficient (Wildman–Crippen LogP) is 3.64. The van der Waals surface area contributed by atoms with Gasteiger partial charge in [-0.15, -0.1) is 0 Å². The number of aryl methyl sites for hydroxylation is 1. The van der Waals surface area contributed by atoms with Gasteiger partial charge >= 0.3 is 0 Å². The summed E-state index contributed by atoms with van der Waals surface area (Å²) in [6.07, 6.45) is 8.90. The monoisotopic (exact) mass is 276 g/mol. The van der Waals surface area contributed by atoms with Gasteiger partial charge in [0.15, 0.2) is 0 Å². The van der Waals surface area contributed by atoms with Crippen molar-refractivity contribution in [1.29, 1.82) is 0 Å². The minimum absolute atomic E-state index is 0.250. The van der Waals surface area contributed by atoms with E-state index in [9.17, 15) is 0 Å². The van der Waals surface area contributed by atoms with Gasteiger partial charge in [-0.2, -0.15) is 0 Å². The Hall–Kier alpha value is -0.930. The van der Waals surface area contributed by atoms with Crippen LogP contribution >= 0.6 is 0 Å². The Labute approximate surface area is 123 Å². The van der Waals surface area contributed by atoms with Gasteiger partial charge in [-0.1, -0.05) is 32.3 Å². The third-order valence-electron chi connectivity index (χ3n) is 4.43. The first kappa shape index (κ1) is 15.5. The van der Waals surface area contributed by atoms with Crippen LogP contribution in [0.2, 0.25) is 0 Å². The highest BCUT2D eigenvalue weighted by atomic mass is 16.5. The number of likely N-dealkylation sites (N-methyl/N-ethyl adjacent to an activating group) is 1. The maximum Gasteiger partial charge on any atom is 0.0794 e. The number of nitrogens with zero attached hydrogens (tertiary/aromatic N) is 1. The molecular formula is C17H28N2O. The van der Waals surface area contributed by atoms with Crippen LogP contribution in [0, 0.1) is 12.8 Å². The van der Waals surface area contributed by atoms with E-state index in [4.69, 9.17) is 4.74 Å². The second-order valence-corrected chi connectivity index (χ2v) is 5.87. The number of methoxy groups -OCH3 is 1. The second-order valence-electron chi connectivity index (χ2n) is 5.87. The smallest absolute Gasteiger partial charge is 0.0794 e. The molecule has 1 N–H and O–H groups in total. The van der Waals surface area contributed by atoms with Gasteiger partial charge in [0.25, 0.3) is 0 Å². The minimum atomic E-state index is 0.250. The molecule has 1 aliphatic rings. The number of hydrogen-bond acceptors (Lipinski definition) is 3. The van der Waals surface area contributed by atoms with Gasteiger partial charge in [0.05, 0.1) is 12.1 Å². The Bertz CT molecular complexity index is 384. The Morgan fingerprint density at radius 3 is 2.60 bits per heavy atom. The third kappa shape index (κ3) is 3.80. The molecule has 1 aromatic heterocycles. The van der Waals surface area contributed by atoms with Crippen molar-refractivity contribution < 1.29 is 4.74 Å². The summed E-state index contributed by atoms with van der Waals surface area (Å²) >= 11 is 0. The molecule has 0 saturated heterocycles. The zero-order valence-electron chi connectivity index (χ0n) is 13.1. The fraction of sp³-hybridized carbons (Fsp3) is 0.706. The molecule has 1 aliphatic carbocycles. The first-order valence-electron chi connectivity index (χ1n) is 7.95. The van der Waals surface area contributed by atoms with Crippen LogP contribution in [0.5, 0.6) is 0 Å². The molecule has 0 aromatic carbocycles. The van der Waals surface area contributed by atoms with E-state index in [1.807, 2.05) is 20.2 Å². The minimum Gasteiger partial charge on any atom is -0.379 e. The van der Waals surface area contributed by atoms with Gasteiger partial charge < -0.3 is 10.1 Å². The summed E-state index contributed by atoms with van der Waals surface area (Å²) in [4.78, 5) is 4.45. The maximum atomic E-state index is 5.90. The van der Waals surface area contributed by atoms with Gasteiger partial charge in [0, 0.05) is 19.0 Å². The van der Waals surface area contributed by atoms with E-state index in [1.54, 1.807) is 0 Å². The standard InChI is InChI=1S/C17H28N2O/c1-4-18-16(15-11-10-13(2)19-12-15)17(20-3)14-8-6-5-7-9-14/h10-12,14,16-18H,4-9H2,1-3H3. The molecule has 1 saturated carbocycles. The third-order valence-corrected chi connectivity index (χ3v) is 4.43. The molecule has 1 aromatic rings. The van der Waals surface area contributed by atoms with Crippen molar-refractivity contribution in [3.8, 4) is 0 Å². The fourth-order valence-electron chi connectivity index (χ4n) is 3.37. The van der Waals surface area contributed by atoms with Crippen LogP contribution in [-0.4, -0.2) is 24.7 Å². The van der Waals surface area contributed by atoms with Crippen LogP contribution in [0.1, 0.15) is 56.3 Å². The Morgan fingerprint density at radius 1 is 1.30 bits per heavy atom. The van der Waals surface area contributed by atoms with Crippen LogP contribution in [0.15, 0.2) is 18.3 Å². The number of rotatable bonds is 6. The quantitative estimate of drug-likeness (QED) is 0.861. The van der Waals surface area contributed by atoms with E-state index in [0.717, 1.165) is 12.2 Å². The van der Waals surface area contributed by atoms with Crippen molar-refractivity contribution in [3.05, 3.63) is 29.6 Å². The highest BCUT2D eigenvalue weighted by Gasteiger charge is 2.31. The first-order valence-corrected chi connectivity index (χ1v) is 7.95. The van der Waals surface area contributed by atoms with Crippen LogP contribution < -0.4 is 5.32 Å². The molecule has 2 rings (SSSR count). The summed E-state index contributed by atoms with van der Waals surface area (Å²) in [5.41, 5.74) is 2.31. The molecule has 1 fully saturated rings. The topological polar surface area (TPSA) is 34.2 Å². The van der Waals surface area contributed by atoms with E-state index < -0.39 is 0 Å². The molecule has 2 unspecified atom stereocenters. The van der Waals surface area contributed by atoms with E-state index >= 15 is 0 Å². The summed E-state index contributed by atoms with van der Waals surface area (Å²) in [5.74, 6) is 0.666. The molecule has 20 heavy (non-hydrogen) atoms. The van der Waals surface area contributed by atoms with Gasteiger partial charge in [-0.05, 0) is 43.9 Å². The van der Waals surface area contributed by atoms with Crippen LogP contribution in [0.25, 0.3) is 0 Å². The summed E-state index contributed by atoms with van der Waals surface area (Å²) < 4.78 is 5.90. The summed E-state index contributed by atoms with van der Waals surface area (Å²) in [7, 11) is 1.85. The van der Waals surface area contributed by atoms with Crippen molar-refractivity contribution in [2.24, 2.45) is 5.92 Å². The molecule has 0 spiro atoms. The van der Waals surface area contributed by atoms with Crippen LogP contribution in [0.4, 0.5) is 0 Å². The highest BCUT2D eigenvalue weighted by Crippen LogP contribution is 2.34. The summed E-state index contributed by atoms with van der Waals surface area (Å²) in [5, 5.41) is 3.60. The lowest BCUT2D eigenvalue weighted by molar-refractivity contribution is 0.00784. The van der Waals surface area contributed by atoms with Crippen molar-refractivity contribution in [2.45, 2.75) is 58.1 Å². The van der Waals surface area contributed by atoms with Crippen LogP contribution in [0.3, 0.4) is 0 Å². The maximum absolute atomic E-state index is 5.90. The number of hydrogen-bond donors (Lipinski definition) is 1. The molecule has 0 radical (unpaired) electrons. The van der Waals surface area contributed by atoms with Crippen molar-refractivity contribution in [3.63, 3.8) is 0 Å². The van der Waals surface area contributed by atoms with E-state index in [2.05, 4.69) is 29.4 Å². The van der Waals surface area contributed by atoms with E-state index in [-0.39, 0.29) is 12.1 Å². The molecule has 0 amide bonds. The molecule has 3 nitrogen and oxygen atoms in total. The molecular weight excluding hydrogens is 248 g/mol. The lowest BCUT2D eigenvalue weighted by atomic mass is 9.81. The molecule has 0 bridgehead atoms. The van der Waals surface area contributed by atoms with E-state index in [0.29, 0.717) is 5.92 Å². The fourth-order valence-corrected chi connectivity index (χ4v) is 3.37. The highest BCUT2D eigenvalue weighted by molar-refractivity contribution is 5.19. The van der Waals surface area contributed by atoms with Gasteiger partial charge in [-0.3, -0.25) is 4.98 Å². The van der Waals surface area contributed by atoms with E-state index in [1.165, 1.54) is 37.7 Å². The SMILES string of the molecule is CCNC(c1ccc(C)nc1)C(OC)C1CCCCC1. The molecule has 2 atom stereocenters. The Morgan fingerprint density at radius 2 is 2.05 bits per heavy atom. The second kappa shape index (κ2) is 7.75. The average Bonchev–Trinajstić information content (AvgIpc) is 2.49. The number of aromatic nitrogens is 1. The normalized spacial score (nSPS) is 19.8. The molecule has 3 heteroatoms. The average molecular weight is 276 g/mol. The largest absolute Gasteiger partial charge is 0.379 e. The predicted molar refractivity (Wildman–Crippen MR) is 82.8 cm³/mol. The lowest BCUT2D eigenvalue weighted by Crippen LogP contribution is -2.39.